The number of nitrogens with one attached hydrogen (secondary N) is 1. The number of halogens is 1. The van der Waals surface area contributed by atoms with Gasteiger partial charge in [0, 0.05) is 21.7 Å². The Bertz CT molecular complexity index is 1050. The molecular formula is C21H16ClN3. The Morgan fingerprint density at radius 3 is 2.40 bits per heavy atom. The first-order valence-electron chi connectivity index (χ1n) is 8.07. The molecule has 25 heavy (non-hydrogen) atoms. The summed E-state index contributed by atoms with van der Waals surface area (Å²) in [6.45, 7) is 1.99. The van der Waals surface area contributed by atoms with Gasteiger partial charge >= 0.3 is 0 Å². The van der Waals surface area contributed by atoms with E-state index >= 15 is 0 Å². The maximum Gasteiger partial charge on any atom is 0.162 e. The summed E-state index contributed by atoms with van der Waals surface area (Å²) in [5.41, 5.74) is 3.82. The number of fused-ring (bicyclic) bond motifs is 1. The lowest BCUT2D eigenvalue weighted by Gasteiger charge is -2.13. The Morgan fingerprint density at radius 2 is 1.56 bits per heavy atom. The molecule has 0 fully saturated rings. The summed E-state index contributed by atoms with van der Waals surface area (Å²) in [5, 5.41) is 5.13. The Hall–Kier alpha value is -2.91. The molecule has 0 unspecified atom stereocenters. The SMILES string of the molecule is Cc1c(Cl)cccc1Nc1nc(-c2ccccc2)nc2ccccc12. The summed E-state index contributed by atoms with van der Waals surface area (Å²) >= 11 is 6.25. The number of para-hydroxylation sites is 1. The van der Waals surface area contributed by atoms with Crippen molar-refractivity contribution >= 4 is 34.0 Å². The monoisotopic (exact) mass is 345 g/mol. The maximum atomic E-state index is 6.25. The third kappa shape index (κ3) is 3.06. The second kappa shape index (κ2) is 6.54. The number of aromatic nitrogens is 2. The van der Waals surface area contributed by atoms with Crippen molar-refractivity contribution in [3.05, 3.63) is 83.4 Å². The predicted molar refractivity (Wildman–Crippen MR) is 104 cm³/mol. The van der Waals surface area contributed by atoms with Crippen molar-refractivity contribution in [1.29, 1.82) is 0 Å². The minimum atomic E-state index is 0.696. The van der Waals surface area contributed by atoms with Crippen LogP contribution in [0.3, 0.4) is 0 Å². The van der Waals surface area contributed by atoms with Crippen LogP contribution in [-0.2, 0) is 0 Å². The molecule has 3 nitrogen and oxygen atoms in total. The van der Waals surface area contributed by atoms with Gasteiger partial charge in [-0.05, 0) is 36.8 Å². The summed E-state index contributed by atoms with van der Waals surface area (Å²) in [6.07, 6.45) is 0. The highest BCUT2D eigenvalue weighted by Gasteiger charge is 2.11. The molecular weight excluding hydrogens is 330 g/mol. The lowest BCUT2D eigenvalue weighted by atomic mass is 10.1. The molecule has 0 saturated carbocycles. The summed E-state index contributed by atoms with van der Waals surface area (Å²) in [6, 6.07) is 23.8. The number of benzene rings is 3. The molecule has 3 aromatic carbocycles. The normalized spacial score (nSPS) is 10.8. The number of anilines is 2. The lowest BCUT2D eigenvalue weighted by Crippen LogP contribution is -2.00. The Kier molecular flexibility index (Phi) is 4.08. The average molecular weight is 346 g/mol. The van der Waals surface area contributed by atoms with Crippen LogP contribution in [0.25, 0.3) is 22.3 Å². The first kappa shape index (κ1) is 15.6. The number of rotatable bonds is 3. The third-order valence-corrected chi connectivity index (χ3v) is 4.57. The van der Waals surface area contributed by atoms with Crippen LogP contribution in [0.2, 0.25) is 5.02 Å². The van der Waals surface area contributed by atoms with Crippen LogP contribution in [0.1, 0.15) is 5.56 Å². The molecule has 1 aromatic heterocycles. The minimum Gasteiger partial charge on any atom is -0.339 e. The van der Waals surface area contributed by atoms with Gasteiger partial charge in [0.15, 0.2) is 5.82 Å². The van der Waals surface area contributed by atoms with Crippen molar-refractivity contribution in [2.75, 3.05) is 5.32 Å². The smallest absolute Gasteiger partial charge is 0.162 e. The molecule has 0 saturated heterocycles. The van der Waals surface area contributed by atoms with Crippen molar-refractivity contribution < 1.29 is 0 Å². The van der Waals surface area contributed by atoms with Crippen LogP contribution in [0.4, 0.5) is 11.5 Å². The molecule has 4 heteroatoms. The van der Waals surface area contributed by atoms with E-state index in [1.807, 2.05) is 79.7 Å². The molecule has 1 heterocycles. The van der Waals surface area contributed by atoms with Gasteiger partial charge in [-0.25, -0.2) is 9.97 Å². The zero-order chi connectivity index (χ0) is 17.2. The van der Waals surface area contributed by atoms with E-state index in [4.69, 9.17) is 21.6 Å². The van der Waals surface area contributed by atoms with E-state index in [9.17, 15) is 0 Å². The first-order chi connectivity index (χ1) is 12.2. The molecule has 4 aromatic rings. The van der Waals surface area contributed by atoms with Gasteiger partial charge in [0.25, 0.3) is 0 Å². The van der Waals surface area contributed by atoms with Crippen LogP contribution in [0.5, 0.6) is 0 Å². The second-order valence-corrected chi connectivity index (χ2v) is 6.22. The fourth-order valence-electron chi connectivity index (χ4n) is 2.76. The molecule has 1 N–H and O–H groups in total. The molecule has 0 radical (unpaired) electrons. The summed E-state index contributed by atoms with van der Waals surface area (Å²) in [5.74, 6) is 1.47. The van der Waals surface area contributed by atoms with Crippen molar-refractivity contribution in [3.8, 4) is 11.4 Å². The number of hydrogen-bond acceptors (Lipinski definition) is 3. The number of hydrogen-bond donors (Lipinski definition) is 1. The molecule has 0 aliphatic carbocycles. The van der Waals surface area contributed by atoms with Crippen molar-refractivity contribution in [1.82, 2.24) is 9.97 Å². The van der Waals surface area contributed by atoms with Gasteiger partial charge in [0.05, 0.1) is 5.52 Å². The van der Waals surface area contributed by atoms with E-state index < -0.39 is 0 Å². The van der Waals surface area contributed by atoms with Crippen LogP contribution in [0, 0.1) is 6.92 Å². The van der Waals surface area contributed by atoms with Gasteiger partial charge in [-0.3, -0.25) is 0 Å². The summed E-state index contributed by atoms with van der Waals surface area (Å²) in [7, 11) is 0. The summed E-state index contributed by atoms with van der Waals surface area (Å²) in [4.78, 5) is 9.48. The standard InChI is InChI=1S/C21H16ClN3/c1-14-17(22)11-7-13-18(14)23-21-16-10-5-6-12-19(16)24-20(25-21)15-8-3-2-4-9-15/h2-13H,1H3,(H,23,24,25). The largest absolute Gasteiger partial charge is 0.339 e. The predicted octanol–water partition coefficient (Wildman–Crippen LogP) is 6.00. The zero-order valence-corrected chi connectivity index (χ0v) is 14.5. The minimum absolute atomic E-state index is 0.696. The van der Waals surface area contributed by atoms with Crippen LogP contribution < -0.4 is 5.32 Å². The van der Waals surface area contributed by atoms with Gasteiger partial charge in [-0.15, -0.1) is 0 Å². The van der Waals surface area contributed by atoms with Gasteiger partial charge in [-0.2, -0.15) is 0 Å². The average Bonchev–Trinajstić information content (AvgIpc) is 2.66. The highest BCUT2D eigenvalue weighted by molar-refractivity contribution is 6.31. The van der Waals surface area contributed by atoms with E-state index in [2.05, 4.69) is 5.32 Å². The van der Waals surface area contributed by atoms with Gasteiger partial charge in [-0.1, -0.05) is 60.1 Å². The van der Waals surface area contributed by atoms with Crippen LogP contribution in [0.15, 0.2) is 72.8 Å². The zero-order valence-electron chi connectivity index (χ0n) is 13.7. The van der Waals surface area contributed by atoms with Crippen LogP contribution >= 0.6 is 11.6 Å². The molecule has 0 aliphatic heterocycles. The van der Waals surface area contributed by atoms with Crippen molar-refractivity contribution in [2.24, 2.45) is 0 Å². The molecule has 0 spiro atoms. The van der Waals surface area contributed by atoms with E-state index in [1.54, 1.807) is 0 Å². The van der Waals surface area contributed by atoms with Crippen molar-refractivity contribution in [2.45, 2.75) is 6.92 Å². The van der Waals surface area contributed by atoms with E-state index in [0.29, 0.717) is 5.82 Å². The highest BCUT2D eigenvalue weighted by Crippen LogP contribution is 2.30. The topological polar surface area (TPSA) is 37.8 Å². The highest BCUT2D eigenvalue weighted by atomic mass is 35.5. The fraction of sp³-hybridized carbons (Fsp3) is 0.0476. The fourth-order valence-corrected chi connectivity index (χ4v) is 2.93. The van der Waals surface area contributed by atoms with Crippen LogP contribution in [-0.4, -0.2) is 9.97 Å². The molecule has 0 aliphatic rings. The lowest BCUT2D eigenvalue weighted by molar-refractivity contribution is 1.22. The van der Waals surface area contributed by atoms with Gasteiger partial charge < -0.3 is 5.32 Å². The molecule has 0 amide bonds. The molecule has 0 atom stereocenters. The van der Waals surface area contributed by atoms with Gasteiger partial charge in [0.1, 0.15) is 5.82 Å². The Labute approximate surface area is 151 Å². The Morgan fingerprint density at radius 1 is 0.800 bits per heavy atom. The van der Waals surface area contributed by atoms with E-state index in [1.165, 1.54) is 0 Å². The van der Waals surface area contributed by atoms with E-state index in [-0.39, 0.29) is 0 Å². The van der Waals surface area contributed by atoms with Crippen molar-refractivity contribution in [3.63, 3.8) is 0 Å². The molecule has 0 bridgehead atoms. The van der Waals surface area contributed by atoms with E-state index in [0.717, 1.165) is 38.6 Å². The quantitative estimate of drug-likeness (QED) is 0.494. The maximum absolute atomic E-state index is 6.25. The second-order valence-electron chi connectivity index (χ2n) is 5.82. The van der Waals surface area contributed by atoms with Gasteiger partial charge in [0.2, 0.25) is 0 Å². The number of nitrogens with zero attached hydrogens (tertiary/aromatic N) is 2. The summed E-state index contributed by atoms with van der Waals surface area (Å²) < 4.78 is 0. The molecule has 4 rings (SSSR count). The Balaban J connectivity index is 1.88. The first-order valence-corrected chi connectivity index (χ1v) is 8.44. The molecule has 122 valence electrons. The third-order valence-electron chi connectivity index (χ3n) is 4.16.